The van der Waals surface area contributed by atoms with E-state index in [4.69, 9.17) is 4.42 Å². The lowest BCUT2D eigenvalue weighted by Crippen LogP contribution is -2.12. The maximum Gasteiger partial charge on any atom is 0.131 e. The number of H-pyrrole nitrogens is 1. The molecule has 0 spiro atoms. The zero-order valence-corrected chi connectivity index (χ0v) is 9.04. The number of hydrogen-bond acceptors (Lipinski definition) is 3. The van der Waals surface area contributed by atoms with Gasteiger partial charge in [-0.1, -0.05) is 0 Å². The van der Waals surface area contributed by atoms with Crippen LogP contribution in [0, 0.1) is 0 Å². The highest BCUT2D eigenvalue weighted by Gasteiger charge is 2.02. The van der Waals surface area contributed by atoms with E-state index >= 15 is 0 Å². The summed E-state index contributed by atoms with van der Waals surface area (Å²) in [5.41, 5.74) is 1.06. The molecular formula is C9H10BrN3O. The van der Waals surface area contributed by atoms with Crippen molar-refractivity contribution in [3.8, 4) is 0 Å². The first-order chi connectivity index (χ1) is 6.86. The van der Waals surface area contributed by atoms with Crippen molar-refractivity contribution in [3.05, 3.63) is 40.8 Å². The number of aromatic nitrogens is 2. The number of furan rings is 1. The Labute approximate surface area is 89.9 Å². The molecular weight excluding hydrogens is 246 g/mol. The second kappa shape index (κ2) is 4.43. The van der Waals surface area contributed by atoms with Crippen molar-refractivity contribution in [3.63, 3.8) is 0 Å². The Bertz CT molecular complexity index is 382. The normalized spacial score (nSPS) is 10.6. The molecule has 0 saturated carbocycles. The number of hydrogen-bond donors (Lipinski definition) is 2. The zero-order valence-electron chi connectivity index (χ0n) is 7.46. The lowest BCUT2D eigenvalue weighted by atomic mass is 10.4. The molecule has 0 radical (unpaired) electrons. The van der Waals surface area contributed by atoms with Crippen molar-refractivity contribution in [1.29, 1.82) is 0 Å². The standard InChI is InChI=1S/C9H10BrN3O/c10-8-1-2-14-9(8)5-11-3-7-4-12-6-13-7/h1-2,4,6,11H,3,5H2,(H,12,13). The van der Waals surface area contributed by atoms with E-state index in [2.05, 4.69) is 31.2 Å². The fourth-order valence-electron chi connectivity index (χ4n) is 1.14. The lowest BCUT2D eigenvalue weighted by molar-refractivity contribution is 0.480. The third-order valence-electron chi connectivity index (χ3n) is 1.85. The molecule has 0 amide bonds. The van der Waals surface area contributed by atoms with E-state index in [1.165, 1.54) is 0 Å². The van der Waals surface area contributed by atoms with Crippen molar-refractivity contribution >= 4 is 15.9 Å². The summed E-state index contributed by atoms with van der Waals surface area (Å²) in [5.74, 6) is 0.907. The van der Waals surface area contributed by atoms with Crippen LogP contribution in [-0.2, 0) is 13.1 Å². The van der Waals surface area contributed by atoms with Crippen molar-refractivity contribution in [1.82, 2.24) is 15.3 Å². The predicted molar refractivity (Wildman–Crippen MR) is 55.5 cm³/mol. The molecule has 0 aromatic carbocycles. The average Bonchev–Trinajstić information content (AvgIpc) is 2.78. The molecule has 2 heterocycles. The topological polar surface area (TPSA) is 53.9 Å². The molecule has 0 aliphatic rings. The van der Waals surface area contributed by atoms with Gasteiger partial charge in [0.05, 0.1) is 23.6 Å². The van der Waals surface area contributed by atoms with Crippen LogP contribution in [0.4, 0.5) is 0 Å². The van der Waals surface area contributed by atoms with Gasteiger partial charge in [-0.05, 0) is 22.0 Å². The van der Waals surface area contributed by atoms with E-state index in [1.54, 1.807) is 18.8 Å². The Morgan fingerprint density at radius 3 is 3.07 bits per heavy atom. The molecule has 0 saturated heterocycles. The molecule has 0 unspecified atom stereocenters. The summed E-state index contributed by atoms with van der Waals surface area (Å²) < 4.78 is 6.24. The quantitative estimate of drug-likeness (QED) is 0.880. The summed E-state index contributed by atoms with van der Waals surface area (Å²) in [6.45, 7) is 1.46. The Morgan fingerprint density at radius 1 is 1.50 bits per heavy atom. The minimum absolute atomic E-state index is 0.701. The van der Waals surface area contributed by atoms with Gasteiger partial charge in [0.2, 0.25) is 0 Å². The van der Waals surface area contributed by atoms with E-state index in [1.807, 2.05) is 6.07 Å². The average molecular weight is 256 g/mol. The van der Waals surface area contributed by atoms with Crippen LogP contribution in [0.2, 0.25) is 0 Å². The highest BCUT2D eigenvalue weighted by Crippen LogP contribution is 2.16. The predicted octanol–water partition coefficient (Wildman–Crippen LogP) is 2.05. The van der Waals surface area contributed by atoms with E-state index in [-0.39, 0.29) is 0 Å². The van der Waals surface area contributed by atoms with E-state index in [9.17, 15) is 0 Å². The minimum atomic E-state index is 0.701. The fourth-order valence-corrected chi connectivity index (χ4v) is 1.48. The lowest BCUT2D eigenvalue weighted by Gasteiger charge is -2.00. The summed E-state index contributed by atoms with van der Waals surface area (Å²) in [6.07, 6.45) is 5.13. The number of rotatable bonds is 4. The molecule has 14 heavy (non-hydrogen) atoms. The number of halogens is 1. The molecule has 4 nitrogen and oxygen atoms in total. The number of aromatic amines is 1. The molecule has 0 fully saturated rings. The molecule has 2 N–H and O–H groups in total. The van der Waals surface area contributed by atoms with Crippen LogP contribution >= 0.6 is 15.9 Å². The molecule has 0 aliphatic heterocycles. The van der Waals surface area contributed by atoms with Gasteiger partial charge in [-0.3, -0.25) is 0 Å². The Kier molecular flexibility index (Phi) is 3.00. The zero-order chi connectivity index (χ0) is 9.80. The van der Waals surface area contributed by atoms with Gasteiger partial charge in [0, 0.05) is 18.4 Å². The molecule has 2 aromatic rings. The SMILES string of the molecule is Brc1ccoc1CNCc1cnc[nH]1. The molecule has 0 aliphatic carbocycles. The van der Waals surface area contributed by atoms with Crippen molar-refractivity contribution < 1.29 is 4.42 Å². The number of nitrogens with one attached hydrogen (secondary N) is 2. The third kappa shape index (κ3) is 2.24. The molecule has 0 bridgehead atoms. The van der Waals surface area contributed by atoms with Crippen LogP contribution in [0.5, 0.6) is 0 Å². The number of nitrogens with zero attached hydrogens (tertiary/aromatic N) is 1. The fraction of sp³-hybridized carbons (Fsp3) is 0.222. The molecule has 0 atom stereocenters. The largest absolute Gasteiger partial charge is 0.467 e. The van der Waals surface area contributed by atoms with Crippen LogP contribution in [0.1, 0.15) is 11.5 Å². The van der Waals surface area contributed by atoms with Crippen LogP contribution in [0.25, 0.3) is 0 Å². The molecule has 2 aromatic heterocycles. The maximum atomic E-state index is 5.25. The van der Waals surface area contributed by atoms with E-state index < -0.39 is 0 Å². The van der Waals surface area contributed by atoms with Crippen molar-refractivity contribution in [2.24, 2.45) is 0 Å². The van der Waals surface area contributed by atoms with Crippen molar-refractivity contribution in [2.45, 2.75) is 13.1 Å². The van der Waals surface area contributed by atoms with Gasteiger partial charge in [0.1, 0.15) is 5.76 Å². The van der Waals surface area contributed by atoms with Gasteiger partial charge in [-0.2, -0.15) is 0 Å². The highest BCUT2D eigenvalue weighted by molar-refractivity contribution is 9.10. The molecule has 5 heteroatoms. The summed E-state index contributed by atoms with van der Waals surface area (Å²) >= 11 is 3.39. The van der Waals surface area contributed by atoms with Crippen molar-refractivity contribution in [2.75, 3.05) is 0 Å². The smallest absolute Gasteiger partial charge is 0.131 e. The molecule has 2 rings (SSSR count). The van der Waals surface area contributed by atoms with E-state index in [0.717, 1.165) is 22.5 Å². The summed E-state index contributed by atoms with van der Waals surface area (Å²) in [7, 11) is 0. The van der Waals surface area contributed by atoms with Crippen LogP contribution in [0.3, 0.4) is 0 Å². The Hall–Kier alpha value is -1.07. The second-order valence-corrected chi connectivity index (χ2v) is 3.73. The maximum absolute atomic E-state index is 5.25. The van der Waals surface area contributed by atoms with Crippen LogP contribution < -0.4 is 5.32 Å². The minimum Gasteiger partial charge on any atom is -0.467 e. The van der Waals surface area contributed by atoms with Gasteiger partial charge < -0.3 is 14.7 Å². The van der Waals surface area contributed by atoms with Gasteiger partial charge in [-0.15, -0.1) is 0 Å². The molecule has 74 valence electrons. The summed E-state index contributed by atoms with van der Waals surface area (Å²) in [6, 6.07) is 1.88. The summed E-state index contributed by atoms with van der Waals surface area (Å²) in [4.78, 5) is 6.94. The van der Waals surface area contributed by atoms with Gasteiger partial charge in [0.15, 0.2) is 0 Å². The number of imidazole rings is 1. The Morgan fingerprint density at radius 2 is 2.43 bits per heavy atom. The third-order valence-corrected chi connectivity index (χ3v) is 2.55. The first kappa shape index (κ1) is 9.48. The van der Waals surface area contributed by atoms with Crippen LogP contribution in [0.15, 0.2) is 33.7 Å². The highest BCUT2D eigenvalue weighted by atomic mass is 79.9. The Balaban J connectivity index is 1.81. The van der Waals surface area contributed by atoms with Gasteiger partial charge in [0.25, 0.3) is 0 Å². The van der Waals surface area contributed by atoms with Gasteiger partial charge >= 0.3 is 0 Å². The van der Waals surface area contributed by atoms with Crippen LogP contribution in [-0.4, -0.2) is 9.97 Å². The first-order valence-electron chi connectivity index (χ1n) is 4.26. The van der Waals surface area contributed by atoms with Gasteiger partial charge in [-0.25, -0.2) is 4.98 Å². The second-order valence-electron chi connectivity index (χ2n) is 2.87. The monoisotopic (exact) mass is 255 g/mol. The van der Waals surface area contributed by atoms with E-state index in [0.29, 0.717) is 6.54 Å². The first-order valence-corrected chi connectivity index (χ1v) is 5.05. The summed E-state index contributed by atoms with van der Waals surface area (Å²) in [5, 5.41) is 3.24.